The van der Waals surface area contributed by atoms with Gasteiger partial charge in [-0.2, -0.15) is 0 Å². The Morgan fingerprint density at radius 1 is 1.17 bits per heavy atom. The molecule has 1 rings (SSSR count). The Kier molecular flexibility index (Phi) is 7.14. The smallest absolute Gasteiger partial charge is 0.106 e. The van der Waals surface area contributed by atoms with Crippen molar-refractivity contribution in [2.75, 3.05) is 7.11 Å². The first-order valence-electron chi connectivity index (χ1n) is 6.24. The largest absolute Gasteiger partial charge is 0.399 e. The van der Waals surface area contributed by atoms with Crippen molar-refractivity contribution in [1.29, 1.82) is 0 Å². The van der Waals surface area contributed by atoms with E-state index in [0.29, 0.717) is 10.0 Å². The molecule has 0 N–H and O–H groups in total. The van der Waals surface area contributed by atoms with Gasteiger partial charge in [0.1, 0.15) is 7.11 Å². The molecule has 0 radical (unpaired) electrons. The van der Waals surface area contributed by atoms with Gasteiger partial charge in [-0.15, -0.1) is 0 Å². The lowest BCUT2D eigenvalue weighted by molar-refractivity contribution is 0.212. The third-order valence-electron chi connectivity index (χ3n) is 2.72. The maximum Gasteiger partial charge on any atom is 0.106 e. The Balaban J connectivity index is 2.72. The van der Waals surface area contributed by atoms with Crippen LogP contribution in [0.25, 0.3) is 0 Å². The van der Waals surface area contributed by atoms with Gasteiger partial charge in [0.15, 0.2) is 0 Å². The zero-order valence-corrected chi connectivity index (χ0v) is 12.4. The zero-order valence-electron chi connectivity index (χ0n) is 10.9. The van der Waals surface area contributed by atoms with Gasteiger partial charge in [-0.1, -0.05) is 60.6 Å². The molecule has 0 amide bonds. The van der Waals surface area contributed by atoms with Gasteiger partial charge in [-0.3, -0.25) is 0 Å². The molecular weight excluding hydrogens is 269 g/mol. The molecule has 1 aromatic rings. The Morgan fingerprint density at radius 3 is 2.56 bits per heavy atom. The first kappa shape index (κ1) is 15.3. The van der Waals surface area contributed by atoms with Crippen LogP contribution < -0.4 is 0 Å². The molecule has 0 saturated heterocycles. The van der Waals surface area contributed by atoms with Crippen molar-refractivity contribution in [3.63, 3.8) is 0 Å². The highest BCUT2D eigenvalue weighted by Gasteiger charge is 2.07. The lowest BCUT2D eigenvalue weighted by atomic mass is 10.0. The van der Waals surface area contributed by atoms with Crippen LogP contribution in [0.2, 0.25) is 10.0 Å². The van der Waals surface area contributed by atoms with E-state index in [1.54, 1.807) is 13.2 Å². The maximum atomic E-state index is 6.01. The summed E-state index contributed by atoms with van der Waals surface area (Å²) in [5.41, 5.74) is 1.90. The second kappa shape index (κ2) is 8.39. The van der Waals surface area contributed by atoms with E-state index in [-0.39, 0.29) is 0 Å². The van der Waals surface area contributed by atoms with Crippen molar-refractivity contribution in [2.45, 2.75) is 39.0 Å². The molecule has 2 nitrogen and oxygen atoms in total. The molecule has 0 atom stereocenters. The van der Waals surface area contributed by atoms with Crippen LogP contribution in [0, 0.1) is 0 Å². The van der Waals surface area contributed by atoms with Gasteiger partial charge < -0.3 is 4.84 Å². The molecule has 4 heteroatoms. The van der Waals surface area contributed by atoms with Gasteiger partial charge in [0.05, 0.1) is 15.8 Å². The summed E-state index contributed by atoms with van der Waals surface area (Å²) in [5, 5.41) is 5.18. The van der Waals surface area contributed by atoms with Gasteiger partial charge in [0, 0.05) is 5.56 Å². The average molecular weight is 288 g/mol. The van der Waals surface area contributed by atoms with E-state index < -0.39 is 0 Å². The Morgan fingerprint density at radius 2 is 1.94 bits per heavy atom. The SMILES string of the molecule is CCCCCCC(=NOC)c1ccc(Cl)c(Cl)c1. The first-order chi connectivity index (χ1) is 8.69. The molecule has 0 fully saturated rings. The van der Waals surface area contributed by atoms with E-state index >= 15 is 0 Å². The van der Waals surface area contributed by atoms with E-state index in [0.717, 1.165) is 24.1 Å². The topological polar surface area (TPSA) is 21.6 Å². The minimum absolute atomic E-state index is 0.548. The number of halogens is 2. The van der Waals surface area contributed by atoms with Gasteiger partial charge in [0.2, 0.25) is 0 Å². The highest BCUT2D eigenvalue weighted by atomic mass is 35.5. The summed E-state index contributed by atoms with van der Waals surface area (Å²) in [4.78, 5) is 4.90. The number of hydrogen-bond acceptors (Lipinski definition) is 2. The average Bonchev–Trinajstić information content (AvgIpc) is 2.37. The van der Waals surface area contributed by atoms with E-state index in [1.807, 2.05) is 12.1 Å². The summed E-state index contributed by atoms with van der Waals surface area (Å²) < 4.78 is 0. The predicted molar refractivity (Wildman–Crippen MR) is 78.8 cm³/mol. The zero-order chi connectivity index (χ0) is 13.4. The fourth-order valence-corrected chi connectivity index (χ4v) is 2.05. The fraction of sp³-hybridized carbons (Fsp3) is 0.500. The first-order valence-corrected chi connectivity index (χ1v) is 7.00. The fourth-order valence-electron chi connectivity index (χ4n) is 1.75. The second-order valence-corrected chi connectivity index (χ2v) is 4.97. The van der Waals surface area contributed by atoms with Crippen LogP contribution in [0.15, 0.2) is 23.4 Å². The quantitative estimate of drug-likeness (QED) is 0.378. The summed E-state index contributed by atoms with van der Waals surface area (Å²) in [6.07, 6.45) is 5.69. The van der Waals surface area contributed by atoms with Gasteiger partial charge in [-0.25, -0.2) is 0 Å². The molecule has 0 aromatic heterocycles. The normalized spacial score (nSPS) is 11.7. The summed E-state index contributed by atoms with van der Waals surface area (Å²) in [6.45, 7) is 2.20. The maximum absolute atomic E-state index is 6.01. The van der Waals surface area contributed by atoms with E-state index in [9.17, 15) is 0 Å². The van der Waals surface area contributed by atoms with Crippen LogP contribution in [0.3, 0.4) is 0 Å². The highest BCUT2D eigenvalue weighted by Crippen LogP contribution is 2.24. The highest BCUT2D eigenvalue weighted by molar-refractivity contribution is 6.42. The van der Waals surface area contributed by atoms with E-state index in [1.165, 1.54) is 19.3 Å². The van der Waals surface area contributed by atoms with Crippen LogP contribution >= 0.6 is 23.2 Å². The summed E-state index contributed by atoms with van der Waals surface area (Å²) in [5.74, 6) is 0. The summed E-state index contributed by atoms with van der Waals surface area (Å²) in [6, 6.07) is 5.55. The molecule has 0 aliphatic heterocycles. The molecule has 0 bridgehead atoms. The molecule has 0 heterocycles. The minimum Gasteiger partial charge on any atom is -0.399 e. The van der Waals surface area contributed by atoms with Crippen LogP contribution in [-0.4, -0.2) is 12.8 Å². The monoisotopic (exact) mass is 287 g/mol. The molecule has 0 unspecified atom stereocenters. The van der Waals surface area contributed by atoms with Crippen LogP contribution in [-0.2, 0) is 4.84 Å². The lowest BCUT2D eigenvalue weighted by Gasteiger charge is -2.07. The third-order valence-corrected chi connectivity index (χ3v) is 3.46. The van der Waals surface area contributed by atoms with Crippen molar-refractivity contribution in [3.05, 3.63) is 33.8 Å². The molecule has 0 saturated carbocycles. The number of nitrogens with zero attached hydrogens (tertiary/aromatic N) is 1. The minimum atomic E-state index is 0.548. The van der Waals surface area contributed by atoms with Crippen molar-refractivity contribution in [1.82, 2.24) is 0 Å². The summed E-state index contributed by atoms with van der Waals surface area (Å²) in [7, 11) is 1.56. The molecule has 18 heavy (non-hydrogen) atoms. The number of rotatable bonds is 7. The standard InChI is InChI=1S/C14H19Cl2NO/c1-3-4-5-6-7-14(17-18-2)11-8-9-12(15)13(16)10-11/h8-10H,3-7H2,1-2H3. The number of benzene rings is 1. The van der Waals surface area contributed by atoms with Crippen molar-refractivity contribution in [3.8, 4) is 0 Å². The van der Waals surface area contributed by atoms with Crippen molar-refractivity contribution < 1.29 is 4.84 Å². The molecule has 0 aliphatic rings. The Labute approximate surface area is 119 Å². The number of oxime groups is 1. The summed E-state index contributed by atoms with van der Waals surface area (Å²) >= 11 is 11.9. The van der Waals surface area contributed by atoms with Gasteiger partial charge in [-0.05, 0) is 25.0 Å². The van der Waals surface area contributed by atoms with Crippen LogP contribution in [0.1, 0.15) is 44.6 Å². The molecular formula is C14H19Cl2NO. The molecule has 0 aliphatic carbocycles. The van der Waals surface area contributed by atoms with Crippen molar-refractivity contribution >= 4 is 28.9 Å². The molecule has 100 valence electrons. The van der Waals surface area contributed by atoms with Gasteiger partial charge >= 0.3 is 0 Å². The van der Waals surface area contributed by atoms with Crippen molar-refractivity contribution in [2.24, 2.45) is 5.16 Å². The Bertz CT molecular complexity index is 405. The molecule has 1 aromatic carbocycles. The van der Waals surface area contributed by atoms with Gasteiger partial charge in [0.25, 0.3) is 0 Å². The van der Waals surface area contributed by atoms with Crippen LogP contribution in [0.4, 0.5) is 0 Å². The third kappa shape index (κ3) is 4.87. The molecule has 0 spiro atoms. The number of unbranched alkanes of at least 4 members (excludes halogenated alkanes) is 3. The second-order valence-electron chi connectivity index (χ2n) is 4.16. The van der Waals surface area contributed by atoms with Crippen LogP contribution in [0.5, 0.6) is 0 Å². The predicted octanol–water partition coefficient (Wildman–Crippen LogP) is 5.31. The van der Waals surface area contributed by atoms with E-state index in [2.05, 4.69) is 12.1 Å². The lowest BCUT2D eigenvalue weighted by Crippen LogP contribution is -2.02. The van der Waals surface area contributed by atoms with E-state index in [4.69, 9.17) is 28.0 Å². The Hall–Kier alpha value is -0.730. The number of hydrogen-bond donors (Lipinski definition) is 0.